The van der Waals surface area contributed by atoms with Crippen molar-refractivity contribution in [2.75, 3.05) is 4.90 Å². The van der Waals surface area contributed by atoms with Crippen LogP contribution >= 0.6 is 23.2 Å². The van der Waals surface area contributed by atoms with E-state index in [-0.39, 0.29) is 28.6 Å². The van der Waals surface area contributed by atoms with Crippen LogP contribution in [0.5, 0.6) is 0 Å². The Morgan fingerprint density at radius 3 is 2.38 bits per heavy atom. The number of aromatic amines is 1. The maximum Gasteiger partial charge on any atom is 0.353 e. The number of carboxylic acids is 1. The number of rotatable bonds is 10. The number of aliphatic carboxylic acids is 1. The Balaban J connectivity index is 1.17. The molecule has 8 rings (SSSR count). The fourth-order valence-corrected chi connectivity index (χ4v) is 8.01. The molecule has 0 bridgehead atoms. The first-order valence-electron chi connectivity index (χ1n) is 16.2. The average Bonchev–Trinajstić information content (AvgIpc) is 4.03. The maximum absolute atomic E-state index is 14.7. The molecule has 2 aromatic carbocycles. The summed E-state index contributed by atoms with van der Waals surface area (Å²) in [5.41, 5.74) is 3.13. The number of nitrogens with two attached hydrogens (primary N) is 1. The van der Waals surface area contributed by atoms with Gasteiger partial charge in [0.05, 0.1) is 23.4 Å². The minimum absolute atomic E-state index is 0.0214. The lowest BCUT2D eigenvalue weighted by molar-refractivity contribution is -0.138. The standard InChI is InChI=1S/C34H31Cl2N9O5/c1-32(13-17-2-4-18(15-37)5-3-17)30(50)44(22-11-20(35)10-21(36)12-22)31-43(16-23(26(46)47)45(31)32)24-14-34(24,27(38)48)29(49)40-33(8-9-33)28-39-25(41-42-28)19-6-7-19/h2-5,10-12,16,19,24,31H,6-9,13-14H2,1H3,(H2,38,48)(H,40,49)(H,46,47)(H,39,41,42)/t24?,31?,32-,34?/m1/s1. The Kier molecular flexibility index (Phi) is 7.02. The van der Waals surface area contributed by atoms with Crippen LogP contribution in [-0.2, 0) is 31.1 Å². The van der Waals surface area contributed by atoms with Gasteiger partial charge in [-0.25, -0.2) is 4.79 Å². The molecule has 4 fully saturated rings. The van der Waals surface area contributed by atoms with E-state index >= 15 is 0 Å². The number of anilines is 1. The summed E-state index contributed by atoms with van der Waals surface area (Å²) in [6.45, 7) is 1.64. The number of carbonyl (C=O) groups is 4. The van der Waals surface area contributed by atoms with Crippen molar-refractivity contribution < 1.29 is 24.3 Å². The van der Waals surface area contributed by atoms with Crippen molar-refractivity contribution in [2.45, 2.75) is 74.8 Å². The number of benzene rings is 2. The summed E-state index contributed by atoms with van der Waals surface area (Å²) in [4.78, 5) is 62.7. The van der Waals surface area contributed by atoms with Gasteiger partial charge in [0.2, 0.25) is 11.8 Å². The van der Waals surface area contributed by atoms with Crippen LogP contribution in [0.2, 0.25) is 10.0 Å². The number of fused-ring (bicyclic) bond motifs is 1. The number of aromatic nitrogens is 3. The van der Waals surface area contributed by atoms with E-state index in [4.69, 9.17) is 28.9 Å². The van der Waals surface area contributed by atoms with Crippen LogP contribution in [0.4, 0.5) is 5.69 Å². The number of nitriles is 1. The molecule has 50 heavy (non-hydrogen) atoms. The minimum Gasteiger partial charge on any atom is -0.477 e. The number of amides is 3. The second kappa shape index (κ2) is 10.9. The molecule has 5 N–H and O–H groups in total. The lowest BCUT2D eigenvalue weighted by atomic mass is 9.90. The second-order valence-corrected chi connectivity index (χ2v) is 14.8. The number of primary amides is 1. The summed E-state index contributed by atoms with van der Waals surface area (Å²) >= 11 is 12.8. The van der Waals surface area contributed by atoms with E-state index in [0.29, 0.717) is 41.4 Å². The van der Waals surface area contributed by atoms with Crippen LogP contribution in [0.1, 0.15) is 67.7 Å². The van der Waals surface area contributed by atoms with Crippen LogP contribution in [0.15, 0.2) is 54.4 Å². The van der Waals surface area contributed by atoms with Crippen LogP contribution in [-0.4, -0.2) is 71.6 Å². The number of H-pyrrole nitrogens is 1. The number of hydrogen-bond acceptors (Lipinski definition) is 9. The number of nitrogens with zero attached hydrogens (tertiary/aromatic N) is 6. The molecular formula is C34H31Cl2N9O5. The summed E-state index contributed by atoms with van der Waals surface area (Å²) in [5, 5.41) is 31.9. The number of carboxylic acid groups (broad SMARTS) is 1. The zero-order valence-electron chi connectivity index (χ0n) is 26.7. The predicted octanol–water partition coefficient (Wildman–Crippen LogP) is 3.09. The van der Waals surface area contributed by atoms with Gasteiger partial charge in [0.1, 0.15) is 28.0 Å². The van der Waals surface area contributed by atoms with Gasteiger partial charge in [-0.3, -0.25) is 19.3 Å². The Hall–Kier alpha value is -5.13. The molecule has 3 heterocycles. The molecule has 256 valence electrons. The first-order valence-corrected chi connectivity index (χ1v) is 16.9. The lowest BCUT2D eigenvalue weighted by Gasteiger charge is -2.37. The van der Waals surface area contributed by atoms with Crippen molar-refractivity contribution in [3.8, 4) is 6.07 Å². The molecule has 1 saturated heterocycles. The highest BCUT2D eigenvalue weighted by Crippen LogP contribution is 2.57. The van der Waals surface area contributed by atoms with Crippen molar-refractivity contribution in [3.63, 3.8) is 0 Å². The Morgan fingerprint density at radius 2 is 1.80 bits per heavy atom. The zero-order chi connectivity index (χ0) is 35.3. The first kappa shape index (κ1) is 32.1. The molecule has 5 aliphatic rings. The zero-order valence-corrected chi connectivity index (χ0v) is 28.2. The second-order valence-electron chi connectivity index (χ2n) is 14.0. The van der Waals surface area contributed by atoms with Gasteiger partial charge in [0.15, 0.2) is 12.1 Å². The molecule has 2 aliphatic heterocycles. The number of halogens is 2. The van der Waals surface area contributed by atoms with Gasteiger partial charge in [0, 0.05) is 28.6 Å². The molecule has 16 heteroatoms. The van der Waals surface area contributed by atoms with Crippen molar-refractivity contribution in [3.05, 3.63) is 87.2 Å². The molecule has 0 radical (unpaired) electrons. The maximum atomic E-state index is 14.7. The van der Waals surface area contributed by atoms with Crippen molar-refractivity contribution in [1.29, 1.82) is 5.26 Å². The van der Waals surface area contributed by atoms with E-state index in [9.17, 15) is 29.5 Å². The van der Waals surface area contributed by atoms with Gasteiger partial charge in [0.25, 0.3) is 5.91 Å². The highest BCUT2D eigenvalue weighted by Gasteiger charge is 2.73. The molecular weight excluding hydrogens is 685 g/mol. The van der Waals surface area contributed by atoms with Crippen molar-refractivity contribution in [1.82, 2.24) is 30.3 Å². The van der Waals surface area contributed by atoms with Gasteiger partial charge in [-0.05, 0) is 74.9 Å². The van der Waals surface area contributed by atoms with Crippen molar-refractivity contribution in [2.24, 2.45) is 11.1 Å². The number of carbonyl (C=O) groups excluding carboxylic acids is 3. The van der Waals surface area contributed by atoms with Gasteiger partial charge in [-0.2, -0.15) is 5.26 Å². The number of nitrogens with one attached hydrogen (secondary N) is 2. The van der Waals surface area contributed by atoms with Crippen LogP contribution in [0.25, 0.3) is 0 Å². The third-order valence-electron chi connectivity index (χ3n) is 10.6. The molecule has 3 unspecified atom stereocenters. The van der Waals surface area contributed by atoms with Crippen LogP contribution in [0.3, 0.4) is 0 Å². The monoisotopic (exact) mass is 715 g/mol. The average molecular weight is 717 g/mol. The largest absolute Gasteiger partial charge is 0.477 e. The fourth-order valence-electron chi connectivity index (χ4n) is 7.49. The Labute approximate surface area is 295 Å². The van der Waals surface area contributed by atoms with Gasteiger partial charge in [-0.15, -0.1) is 10.2 Å². The molecule has 14 nitrogen and oxygen atoms in total. The van der Waals surface area contributed by atoms with Crippen molar-refractivity contribution >= 4 is 52.6 Å². The molecule has 3 saturated carbocycles. The molecule has 4 atom stereocenters. The predicted molar refractivity (Wildman–Crippen MR) is 178 cm³/mol. The molecule has 0 spiro atoms. The highest BCUT2D eigenvalue weighted by atomic mass is 35.5. The molecule has 1 aromatic heterocycles. The quantitative estimate of drug-likeness (QED) is 0.226. The topological polar surface area (TPSA) is 202 Å². The Bertz CT molecular complexity index is 2050. The summed E-state index contributed by atoms with van der Waals surface area (Å²) in [6.07, 6.45) is 3.50. The van der Waals surface area contributed by atoms with E-state index in [1.54, 1.807) is 48.2 Å². The smallest absolute Gasteiger partial charge is 0.353 e. The van der Waals surface area contributed by atoms with E-state index in [0.717, 1.165) is 18.7 Å². The lowest BCUT2D eigenvalue weighted by Crippen LogP contribution is -2.54. The van der Waals surface area contributed by atoms with E-state index in [2.05, 4.69) is 26.6 Å². The summed E-state index contributed by atoms with van der Waals surface area (Å²) in [7, 11) is 0. The summed E-state index contributed by atoms with van der Waals surface area (Å²) in [5.74, 6) is -1.64. The Morgan fingerprint density at radius 1 is 1.12 bits per heavy atom. The van der Waals surface area contributed by atoms with E-state index in [1.807, 2.05) is 0 Å². The van der Waals surface area contributed by atoms with Crippen LogP contribution in [0, 0.1) is 16.7 Å². The summed E-state index contributed by atoms with van der Waals surface area (Å²) < 4.78 is 0. The third kappa shape index (κ3) is 4.82. The highest BCUT2D eigenvalue weighted by molar-refractivity contribution is 6.35. The van der Waals surface area contributed by atoms with Gasteiger partial charge < -0.3 is 30.9 Å². The molecule has 3 aromatic rings. The van der Waals surface area contributed by atoms with Gasteiger partial charge >= 0.3 is 5.97 Å². The fraction of sp³-hybridized carbons (Fsp3) is 0.382. The minimum atomic E-state index is -1.74. The molecule has 3 aliphatic carbocycles. The first-order chi connectivity index (χ1) is 23.8. The van der Waals surface area contributed by atoms with Gasteiger partial charge in [-0.1, -0.05) is 35.3 Å². The van der Waals surface area contributed by atoms with E-state index < -0.39 is 52.5 Å². The number of hydrogen-bond donors (Lipinski definition) is 4. The normalized spacial score (nSPS) is 27.4. The third-order valence-corrected chi connectivity index (χ3v) is 11.0. The molecule has 3 amide bonds. The van der Waals surface area contributed by atoms with Crippen LogP contribution < -0.4 is 16.0 Å². The van der Waals surface area contributed by atoms with E-state index in [1.165, 1.54) is 22.1 Å². The SMILES string of the molecule is C[C@@]1(Cc2ccc(C#N)cc2)C(=O)N(c2cc(Cl)cc(Cl)c2)C2N(C3CC3(C(N)=O)C(=O)NC3(c4nnc(C5CC5)[nH]4)CC3)C=C(C(=O)O)N21. The summed E-state index contributed by atoms with van der Waals surface area (Å²) in [6, 6.07) is 12.4.